The van der Waals surface area contributed by atoms with Crippen LogP contribution in [0, 0.1) is 0 Å². The molecule has 0 atom stereocenters. The number of benzene rings is 1. The van der Waals surface area contributed by atoms with E-state index in [9.17, 15) is 4.79 Å². The van der Waals surface area contributed by atoms with Gasteiger partial charge < -0.3 is 9.42 Å². The summed E-state index contributed by atoms with van der Waals surface area (Å²) < 4.78 is 5.01. The summed E-state index contributed by atoms with van der Waals surface area (Å²) in [6, 6.07) is 10.0. The third-order valence-electron chi connectivity index (χ3n) is 2.46. The van der Waals surface area contributed by atoms with Crippen LogP contribution in [0.3, 0.4) is 0 Å². The molecule has 1 aromatic carbocycles. The number of hydrogen-bond donors (Lipinski definition) is 0. The van der Waals surface area contributed by atoms with Crippen LogP contribution in [0.4, 0.5) is 5.95 Å². The molecule has 0 radical (unpaired) electrons. The number of Topliss-reactive ketones (excluding diaryl/α,β-unsaturated/α-hetero) is 1. The Morgan fingerprint density at radius 1 is 1.33 bits per heavy atom. The molecule has 0 saturated heterocycles. The molecule has 0 amide bonds. The molecular formula is C13H15N3O2. The summed E-state index contributed by atoms with van der Waals surface area (Å²) in [6.45, 7) is 2.19. The minimum Gasteiger partial charge on any atom is -0.337 e. The average Bonchev–Trinajstić information content (AvgIpc) is 2.78. The van der Waals surface area contributed by atoms with E-state index < -0.39 is 0 Å². The number of aromatic nitrogens is 2. The predicted octanol–water partition coefficient (Wildman–Crippen LogP) is 1.84. The highest BCUT2D eigenvalue weighted by atomic mass is 16.5. The third-order valence-corrected chi connectivity index (χ3v) is 2.46. The van der Waals surface area contributed by atoms with E-state index in [1.165, 1.54) is 6.92 Å². The first-order chi connectivity index (χ1) is 8.65. The van der Waals surface area contributed by atoms with Crippen LogP contribution in [0.25, 0.3) is 0 Å². The van der Waals surface area contributed by atoms with Crippen molar-refractivity contribution in [3.8, 4) is 0 Å². The molecule has 0 fully saturated rings. The lowest BCUT2D eigenvalue weighted by Gasteiger charge is -2.13. The van der Waals surface area contributed by atoms with Gasteiger partial charge in [0.05, 0.1) is 6.42 Å². The van der Waals surface area contributed by atoms with Gasteiger partial charge in [-0.2, -0.15) is 4.98 Å². The van der Waals surface area contributed by atoms with E-state index in [2.05, 4.69) is 10.1 Å². The summed E-state index contributed by atoms with van der Waals surface area (Å²) in [5.74, 6) is 0.864. The van der Waals surface area contributed by atoms with Gasteiger partial charge in [-0.15, -0.1) is 0 Å². The fourth-order valence-electron chi connectivity index (χ4n) is 1.61. The lowest BCUT2D eigenvalue weighted by molar-refractivity contribution is -0.116. The molecule has 5 nitrogen and oxygen atoms in total. The number of rotatable bonds is 5. The van der Waals surface area contributed by atoms with Crippen LogP contribution in [0.2, 0.25) is 0 Å². The van der Waals surface area contributed by atoms with Gasteiger partial charge in [0.1, 0.15) is 5.78 Å². The standard InChI is InChI=1S/C13H15N3O2/c1-10(17)8-12-14-13(15-18-12)16(2)9-11-6-4-3-5-7-11/h3-7H,8-9H2,1-2H3. The Morgan fingerprint density at radius 2 is 2.06 bits per heavy atom. The van der Waals surface area contributed by atoms with Crippen molar-refractivity contribution in [3.05, 3.63) is 41.8 Å². The van der Waals surface area contributed by atoms with Crippen molar-refractivity contribution < 1.29 is 9.32 Å². The molecule has 0 aliphatic carbocycles. The quantitative estimate of drug-likeness (QED) is 0.804. The zero-order valence-corrected chi connectivity index (χ0v) is 10.5. The van der Waals surface area contributed by atoms with Crippen molar-refractivity contribution in [1.29, 1.82) is 0 Å². The minimum absolute atomic E-state index is 0.0101. The maximum Gasteiger partial charge on any atom is 0.266 e. The van der Waals surface area contributed by atoms with Gasteiger partial charge in [0.2, 0.25) is 5.89 Å². The van der Waals surface area contributed by atoms with Crippen LogP contribution in [0.15, 0.2) is 34.9 Å². The largest absolute Gasteiger partial charge is 0.337 e. The summed E-state index contributed by atoms with van der Waals surface area (Å²) in [5.41, 5.74) is 1.16. The number of anilines is 1. The van der Waals surface area contributed by atoms with Crippen LogP contribution < -0.4 is 4.90 Å². The molecule has 2 aromatic rings. The van der Waals surface area contributed by atoms with Gasteiger partial charge in [-0.3, -0.25) is 4.79 Å². The van der Waals surface area contributed by atoms with Crippen molar-refractivity contribution in [3.63, 3.8) is 0 Å². The first-order valence-electron chi connectivity index (χ1n) is 5.72. The van der Waals surface area contributed by atoms with E-state index in [1.54, 1.807) is 0 Å². The van der Waals surface area contributed by atoms with Crippen LogP contribution in [0.5, 0.6) is 0 Å². The lowest BCUT2D eigenvalue weighted by Crippen LogP contribution is -2.17. The molecule has 0 aliphatic heterocycles. The molecule has 5 heteroatoms. The monoisotopic (exact) mass is 245 g/mol. The van der Waals surface area contributed by atoms with Gasteiger partial charge >= 0.3 is 0 Å². The second-order valence-electron chi connectivity index (χ2n) is 4.21. The number of carbonyl (C=O) groups excluding carboxylic acids is 1. The maximum absolute atomic E-state index is 10.9. The molecular weight excluding hydrogens is 230 g/mol. The van der Waals surface area contributed by atoms with Gasteiger partial charge in [-0.25, -0.2) is 0 Å². The molecule has 0 spiro atoms. The second-order valence-corrected chi connectivity index (χ2v) is 4.21. The number of nitrogens with zero attached hydrogens (tertiary/aromatic N) is 3. The highest BCUT2D eigenvalue weighted by molar-refractivity contribution is 5.77. The fourth-order valence-corrected chi connectivity index (χ4v) is 1.61. The highest BCUT2D eigenvalue weighted by Crippen LogP contribution is 2.11. The molecule has 0 aliphatic rings. The van der Waals surface area contributed by atoms with Crippen molar-refractivity contribution in [2.24, 2.45) is 0 Å². The molecule has 1 aromatic heterocycles. The normalized spacial score (nSPS) is 10.3. The van der Waals surface area contributed by atoms with E-state index in [0.29, 0.717) is 18.4 Å². The topological polar surface area (TPSA) is 59.2 Å². The first kappa shape index (κ1) is 12.3. The Balaban J connectivity index is 2.03. The molecule has 2 rings (SSSR count). The van der Waals surface area contributed by atoms with Crippen LogP contribution >= 0.6 is 0 Å². The van der Waals surface area contributed by atoms with Gasteiger partial charge in [-0.1, -0.05) is 30.3 Å². The molecule has 1 heterocycles. The maximum atomic E-state index is 10.9. The SMILES string of the molecule is CC(=O)Cc1nc(N(C)Cc2ccccc2)no1. The zero-order valence-electron chi connectivity index (χ0n) is 10.5. The van der Waals surface area contributed by atoms with Crippen molar-refractivity contribution in [2.75, 3.05) is 11.9 Å². The van der Waals surface area contributed by atoms with Crippen LogP contribution in [0.1, 0.15) is 18.4 Å². The predicted molar refractivity (Wildman–Crippen MR) is 67.2 cm³/mol. The Hall–Kier alpha value is -2.17. The van der Waals surface area contributed by atoms with Crippen molar-refractivity contribution >= 4 is 11.7 Å². The highest BCUT2D eigenvalue weighted by Gasteiger charge is 2.12. The third kappa shape index (κ3) is 3.16. The smallest absolute Gasteiger partial charge is 0.266 e. The molecule has 0 bridgehead atoms. The van der Waals surface area contributed by atoms with Gasteiger partial charge in [0.25, 0.3) is 5.95 Å². The number of carbonyl (C=O) groups is 1. The van der Waals surface area contributed by atoms with Crippen LogP contribution in [-0.4, -0.2) is 23.0 Å². The van der Waals surface area contributed by atoms with E-state index >= 15 is 0 Å². The summed E-state index contributed by atoms with van der Waals surface area (Å²) in [7, 11) is 1.88. The Kier molecular flexibility index (Phi) is 3.72. The Morgan fingerprint density at radius 3 is 2.72 bits per heavy atom. The van der Waals surface area contributed by atoms with E-state index in [0.717, 1.165) is 5.56 Å². The average molecular weight is 245 g/mol. The molecule has 94 valence electrons. The fraction of sp³-hybridized carbons (Fsp3) is 0.308. The summed E-state index contributed by atoms with van der Waals surface area (Å²) >= 11 is 0. The molecule has 0 N–H and O–H groups in total. The van der Waals surface area contributed by atoms with Crippen molar-refractivity contribution in [2.45, 2.75) is 19.9 Å². The van der Waals surface area contributed by atoms with Gasteiger partial charge in [0, 0.05) is 13.6 Å². The van der Waals surface area contributed by atoms with E-state index in [4.69, 9.17) is 4.52 Å². The molecule has 0 unspecified atom stereocenters. The van der Waals surface area contributed by atoms with Gasteiger partial charge in [-0.05, 0) is 17.6 Å². The van der Waals surface area contributed by atoms with Crippen molar-refractivity contribution in [1.82, 2.24) is 10.1 Å². The summed E-state index contributed by atoms with van der Waals surface area (Å²) in [5, 5.41) is 3.85. The Bertz CT molecular complexity index is 522. The van der Waals surface area contributed by atoms with E-state index in [-0.39, 0.29) is 12.2 Å². The van der Waals surface area contributed by atoms with Gasteiger partial charge in [0.15, 0.2) is 0 Å². The second kappa shape index (κ2) is 5.44. The lowest BCUT2D eigenvalue weighted by atomic mass is 10.2. The minimum atomic E-state index is 0.0101. The Labute approximate surface area is 105 Å². The first-order valence-corrected chi connectivity index (χ1v) is 5.72. The van der Waals surface area contributed by atoms with E-state index in [1.807, 2.05) is 42.3 Å². The number of ketones is 1. The molecule has 18 heavy (non-hydrogen) atoms. The van der Waals surface area contributed by atoms with Crippen LogP contribution in [-0.2, 0) is 17.8 Å². The zero-order chi connectivity index (χ0) is 13.0. The number of hydrogen-bond acceptors (Lipinski definition) is 5. The summed E-state index contributed by atoms with van der Waals surface area (Å²) in [6.07, 6.45) is 0.187. The summed E-state index contributed by atoms with van der Waals surface area (Å²) in [4.78, 5) is 17.0. The molecule has 0 saturated carbocycles.